The summed E-state index contributed by atoms with van der Waals surface area (Å²) in [5.74, 6) is 0.990. The van der Waals surface area contributed by atoms with E-state index in [9.17, 15) is 9.36 Å². The number of hydrogen-bond acceptors (Lipinski definition) is 8. The molecule has 0 fully saturated rings. The van der Waals surface area contributed by atoms with Crippen molar-refractivity contribution in [2.75, 3.05) is 20.0 Å². The van der Waals surface area contributed by atoms with Crippen molar-refractivity contribution in [3.63, 3.8) is 0 Å². The molecule has 9 heteroatoms. The maximum Gasteiger partial charge on any atom is 0.353 e. The zero-order valence-corrected chi connectivity index (χ0v) is 19.9. The van der Waals surface area contributed by atoms with Gasteiger partial charge in [-0.15, -0.1) is 11.8 Å². The predicted octanol–water partition coefficient (Wildman–Crippen LogP) is 7.25. The summed E-state index contributed by atoms with van der Waals surface area (Å²) < 4.78 is 24.7. The van der Waals surface area contributed by atoms with Crippen LogP contribution in [0, 0.1) is 0 Å². The zero-order valence-electron chi connectivity index (χ0n) is 15.7. The third-order valence-corrected chi connectivity index (χ3v) is 12.8. The first-order chi connectivity index (χ1) is 13.0. The second-order valence-electron chi connectivity index (χ2n) is 5.69. The Bertz CT molecular complexity index is 688. The monoisotopic (exact) mass is 464 g/mol. The Morgan fingerprint density at radius 3 is 2.37 bits per heavy atom. The summed E-state index contributed by atoms with van der Waals surface area (Å²) >= 11 is 5.86. The van der Waals surface area contributed by atoms with Crippen molar-refractivity contribution in [2.24, 2.45) is 0 Å². The van der Waals surface area contributed by atoms with Gasteiger partial charge in [0.1, 0.15) is 0 Å². The molecule has 1 unspecified atom stereocenters. The van der Waals surface area contributed by atoms with Gasteiger partial charge in [0.2, 0.25) is 5.12 Å². The first kappa shape index (κ1) is 23.5. The largest absolute Gasteiger partial charge is 0.353 e. The number of thioether (sulfide) groups is 4. The summed E-state index contributed by atoms with van der Waals surface area (Å²) in [4.78, 5) is 12.6. The Balaban J connectivity index is 2.08. The number of carbonyl (C=O) groups excluding carboxylic acids is 1. The maximum absolute atomic E-state index is 12.8. The van der Waals surface area contributed by atoms with E-state index in [-0.39, 0.29) is 9.44 Å². The minimum atomic E-state index is -3.22. The molecule has 1 heterocycles. The van der Waals surface area contributed by atoms with Crippen LogP contribution < -0.4 is 0 Å². The summed E-state index contributed by atoms with van der Waals surface area (Å²) in [6.45, 7) is 2.20. The normalized spacial score (nSPS) is 17.5. The minimum absolute atomic E-state index is 0.00639. The van der Waals surface area contributed by atoms with E-state index in [0.29, 0.717) is 5.56 Å². The molecule has 0 aromatic heterocycles. The Morgan fingerprint density at radius 2 is 1.74 bits per heavy atom. The van der Waals surface area contributed by atoms with Crippen molar-refractivity contribution in [1.82, 2.24) is 0 Å². The van der Waals surface area contributed by atoms with Crippen LogP contribution in [-0.2, 0) is 13.6 Å². The number of hydrogen-bond donors (Lipinski definition) is 0. The Hall–Kier alpha value is 0.180. The number of carbonyl (C=O) groups is 1. The first-order valence-corrected chi connectivity index (χ1v) is 13.9. The molecule has 0 aliphatic carbocycles. The van der Waals surface area contributed by atoms with Crippen LogP contribution in [0.5, 0.6) is 0 Å². The van der Waals surface area contributed by atoms with Gasteiger partial charge in [-0.1, -0.05) is 80.0 Å². The van der Waals surface area contributed by atoms with Crippen LogP contribution in [0.15, 0.2) is 38.8 Å². The number of rotatable bonds is 11. The summed E-state index contributed by atoms with van der Waals surface area (Å²) in [6.07, 6.45) is 4.78. The van der Waals surface area contributed by atoms with Crippen molar-refractivity contribution < 1.29 is 18.4 Å². The van der Waals surface area contributed by atoms with E-state index in [1.54, 1.807) is 11.8 Å². The van der Waals surface area contributed by atoms with E-state index in [0.717, 1.165) is 20.6 Å². The lowest BCUT2D eigenvalue weighted by molar-refractivity contribution is 0.108. The predicted molar refractivity (Wildman–Crippen MR) is 123 cm³/mol. The highest BCUT2D eigenvalue weighted by molar-refractivity contribution is 8.42. The van der Waals surface area contributed by atoms with Gasteiger partial charge in [-0.2, -0.15) is 0 Å². The molecule has 1 aliphatic rings. The smallest absolute Gasteiger partial charge is 0.311 e. The molecule has 0 spiro atoms. The van der Waals surface area contributed by atoms with E-state index < -0.39 is 7.60 Å². The zero-order chi connectivity index (χ0) is 19.7. The molecule has 0 saturated heterocycles. The molecule has 0 bridgehead atoms. The van der Waals surface area contributed by atoms with Gasteiger partial charge >= 0.3 is 7.60 Å². The summed E-state index contributed by atoms with van der Waals surface area (Å²) in [6, 6.07) is 9.23. The molecule has 4 nitrogen and oxygen atoms in total. The summed E-state index contributed by atoms with van der Waals surface area (Å²) in [7, 11) is -0.410. The van der Waals surface area contributed by atoms with Gasteiger partial charge in [0, 0.05) is 19.8 Å². The van der Waals surface area contributed by atoms with Crippen LogP contribution in [-0.4, -0.2) is 29.4 Å². The second-order valence-corrected chi connectivity index (χ2v) is 13.8. The third-order valence-electron chi connectivity index (χ3n) is 3.78. The van der Waals surface area contributed by atoms with Crippen molar-refractivity contribution in [2.45, 2.75) is 36.9 Å². The van der Waals surface area contributed by atoms with Gasteiger partial charge in [-0.25, -0.2) is 0 Å². The van der Waals surface area contributed by atoms with Gasteiger partial charge in [0.15, 0.2) is 4.32 Å². The van der Waals surface area contributed by atoms with Gasteiger partial charge in [0.05, 0.1) is 8.47 Å². The van der Waals surface area contributed by atoms with Crippen LogP contribution in [0.3, 0.4) is 0 Å². The van der Waals surface area contributed by atoms with Crippen LogP contribution in [0.25, 0.3) is 0 Å². The average Bonchev–Trinajstić information content (AvgIpc) is 3.11. The summed E-state index contributed by atoms with van der Waals surface area (Å²) in [5, 5.41) is -0.00639. The Morgan fingerprint density at radius 1 is 1.07 bits per heavy atom. The lowest BCUT2D eigenvalue weighted by atomic mass is 10.2. The SMILES string of the molecule is CCCCCCSC1=C(SC(=O)c2ccccc2)SC(P(=O)(OC)OC)S1. The van der Waals surface area contributed by atoms with Crippen LogP contribution >= 0.6 is 54.6 Å². The second kappa shape index (κ2) is 12.0. The van der Waals surface area contributed by atoms with Crippen LogP contribution in [0.1, 0.15) is 43.0 Å². The lowest BCUT2D eigenvalue weighted by Gasteiger charge is -2.18. The fourth-order valence-electron chi connectivity index (χ4n) is 2.25. The molecule has 2 rings (SSSR count). The van der Waals surface area contributed by atoms with E-state index in [1.165, 1.54) is 68.8 Å². The van der Waals surface area contributed by atoms with Crippen LogP contribution in [0.4, 0.5) is 0 Å². The maximum atomic E-state index is 12.8. The van der Waals surface area contributed by atoms with Gasteiger partial charge in [-0.3, -0.25) is 9.36 Å². The molecular formula is C18H25O4PS4. The molecular weight excluding hydrogens is 439 g/mol. The topological polar surface area (TPSA) is 52.6 Å². The van der Waals surface area contributed by atoms with Crippen molar-refractivity contribution in [1.29, 1.82) is 0 Å². The quantitative estimate of drug-likeness (QED) is 0.251. The molecule has 0 radical (unpaired) electrons. The lowest BCUT2D eigenvalue weighted by Crippen LogP contribution is -2.00. The molecule has 1 aliphatic heterocycles. The number of unbranched alkanes of at least 4 members (excludes halogenated alkanes) is 3. The Labute approximate surface area is 178 Å². The fourth-order valence-corrected chi connectivity index (χ4v) is 11.4. The first-order valence-electron chi connectivity index (χ1n) is 8.73. The summed E-state index contributed by atoms with van der Waals surface area (Å²) in [5.41, 5.74) is 0.665. The van der Waals surface area contributed by atoms with Gasteiger partial charge in [-0.05, 0) is 23.9 Å². The molecule has 1 atom stereocenters. The third kappa shape index (κ3) is 6.88. The van der Waals surface area contributed by atoms with E-state index in [1.807, 2.05) is 30.3 Å². The molecule has 0 amide bonds. The van der Waals surface area contributed by atoms with Gasteiger partial charge < -0.3 is 9.05 Å². The molecule has 1 aromatic rings. The van der Waals surface area contributed by atoms with Crippen molar-refractivity contribution in [3.05, 3.63) is 44.4 Å². The van der Waals surface area contributed by atoms with E-state index in [4.69, 9.17) is 9.05 Å². The number of benzene rings is 1. The highest BCUT2D eigenvalue weighted by Crippen LogP contribution is 2.69. The molecule has 1 aromatic carbocycles. The molecule has 0 N–H and O–H groups in total. The van der Waals surface area contributed by atoms with Crippen LogP contribution in [0.2, 0.25) is 0 Å². The van der Waals surface area contributed by atoms with E-state index >= 15 is 0 Å². The van der Waals surface area contributed by atoms with Crippen molar-refractivity contribution in [3.8, 4) is 0 Å². The highest BCUT2D eigenvalue weighted by atomic mass is 32.3. The fraction of sp³-hybridized carbons (Fsp3) is 0.500. The minimum Gasteiger partial charge on any atom is -0.311 e. The molecule has 150 valence electrons. The van der Waals surface area contributed by atoms with E-state index in [2.05, 4.69) is 6.92 Å². The van der Waals surface area contributed by atoms with Gasteiger partial charge in [0.25, 0.3) is 0 Å². The Kier molecular flexibility index (Phi) is 10.4. The highest BCUT2D eigenvalue weighted by Gasteiger charge is 2.42. The molecule has 27 heavy (non-hydrogen) atoms. The molecule has 0 saturated carbocycles. The standard InChI is InChI=1S/C18H25O4PS4/c1-4-5-6-10-13-24-16-17(25-15(19)14-11-8-7-9-12-14)27-18(26-16)23(20,21-2)22-3/h7-9,11-12,18H,4-6,10,13H2,1-3H3. The van der Waals surface area contributed by atoms with Crippen molar-refractivity contribution >= 4 is 59.8 Å². The average molecular weight is 465 g/mol.